The van der Waals surface area contributed by atoms with E-state index in [0.29, 0.717) is 12.5 Å². The maximum Gasteiger partial charge on any atom is 0.419 e. The molecule has 1 aromatic carbocycles. The molecule has 1 aromatic rings. The Morgan fingerprint density at radius 1 is 1.04 bits per heavy atom. The molecule has 0 heterocycles. The number of carbonyl (C=O) groups is 1. The van der Waals surface area contributed by atoms with E-state index in [1.807, 2.05) is 0 Å². The number of hydrogen-bond acceptors (Lipinski definition) is 2. The Bertz CT molecular complexity index is 498. The molecule has 1 rings (SSSR count). The van der Waals surface area contributed by atoms with Gasteiger partial charge in [0.1, 0.15) is 5.82 Å². The van der Waals surface area contributed by atoms with Crippen LogP contribution in [0.5, 0.6) is 0 Å². The lowest BCUT2D eigenvalue weighted by molar-refractivity contribution is -0.140. The zero-order chi connectivity index (χ0) is 17.3. The second-order valence-corrected chi connectivity index (χ2v) is 5.42. The SMILES string of the molecule is CCCCCCCCCOC(=O)c1cccc(C(F)(F)F)c1F. The van der Waals surface area contributed by atoms with Gasteiger partial charge in [-0.05, 0) is 18.6 Å². The predicted octanol–water partition coefficient (Wildman–Crippen LogP) is 5.75. The van der Waals surface area contributed by atoms with Crippen molar-refractivity contribution in [2.24, 2.45) is 0 Å². The van der Waals surface area contributed by atoms with Crippen LogP contribution in [-0.2, 0) is 10.9 Å². The smallest absolute Gasteiger partial charge is 0.419 e. The van der Waals surface area contributed by atoms with E-state index in [0.717, 1.165) is 31.4 Å². The number of halogens is 4. The molecule has 0 saturated heterocycles. The standard InChI is InChI=1S/C17H22F4O2/c1-2-3-4-5-6-7-8-12-23-16(22)13-10-9-11-14(15(13)18)17(19,20)21/h9-11H,2-8,12H2,1H3. The van der Waals surface area contributed by atoms with Crippen LogP contribution < -0.4 is 0 Å². The van der Waals surface area contributed by atoms with E-state index in [9.17, 15) is 22.4 Å². The number of benzene rings is 1. The lowest BCUT2D eigenvalue weighted by Crippen LogP contribution is -2.14. The molecule has 23 heavy (non-hydrogen) atoms. The number of unbranched alkanes of at least 4 members (excludes halogenated alkanes) is 6. The average molecular weight is 334 g/mol. The molecule has 0 unspecified atom stereocenters. The van der Waals surface area contributed by atoms with Crippen LogP contribution in [0.15, 0.2) is 18.2 Å². The Hall–Kier alpha value is -1.59. The monoisotopic (exact) mass is 334 g/mol. The van der Waals surface area contributed by atoms with Gasteiger partial charge in [-0.25, -0.2) is 9.18 Å². The van der Waals surface area contributed by atoms with E-state index >= 15 is 0 Å². The minimum Gasteiger partial charge on any atom is -0.462 e. The van der Waals surface area contributed by atoms with Crippen LogP contribution in [0.2, 0.25) is 0 Å². The quantitative estimate of drug-likeness (QED) is 0.326. The summed E-state index contributed by atoms with van der Waals surface area (Å²) in [6.45, 7) is 2.22. The molecule has 0 fully saturated rings. The normalized spacial score (nSPS) is 11.5. The van der Waals surface area contributed by atoms with E-state index in [-0.39, 0.29) is 6.61 Å². The summed E-state index contributed by atoms with van der Waals surface area (Å²) in [6, 6.07) is 2.59. The van der Waals surface area contributed by atoms with E-state index in [1.165, 1.54) is 19.3 Å². The van der Waals surface area contributed by atoms with Crippen LogP contribution in [0.3, 0.4) is 0 Å². The Morgan fingerprint density at radius 2 is 1.65 bits per heavy atom. The van der Waals surface area contributed by atoms with Crippen molar-refractivity contribution in [3.05, 3.63) is 35.1 Å². The molecular weight excluding hydrogens is 312 g/mol. The van der Waals surface area contributed by atoms with Gasteiger partial charge in [-0.1, -0.05) is 51.5 Å². The highest BCUT2D eigenvalue weighted by Gasteiger charge is 2.35. The molecule has 0 atom stereocenters. The molecule has 0 amide bonds. The highest BCUT2D eigenvalue weighted by Crippen LogP contribution is 2.32. The van der Waals surface area contributed by atoms with Crippen molar-refractivity contribution in [3.8, 4) is 0 Å². The summed E-state index contributed by atoms with van der Waals surface area (Å²) < 4.78 is 56.3. The molecule has 130 valence electrons. The van der Waals surface area contributed by atoms with Gasteiger partial charge in [0.2, 0.25) is 0 Å². The van der Waals surface area contributed by atoms with Gasteiger partial charge in [0.15, 0.2) is 0 Å². The van der Waals surface area contributed by atoms with Gasteiger partial charge >= 0.3 is 12.1 Å². The van der Waals surface area contributed by atoms with Gasteiger partial charge in [0, 0.05) is 0 Å². The average Bonchev–Trinajstić information content (AvgIpc) is 2.48. The van der Waals surface area contributed by atoms with Crippen LogP contribution in [0, 0.1) is 5.82 Å². The van der Waals surface area contributed by atoms with Crippen molar-refractivity contribution in [2.45, 2.75) is 58.0 Å². The first-order valence-corrected chi connectivity index (χ1v) is 7.90. The molecule has 0 aliphatic heterocycles. The second kappa shape index (κ2) is 9.53. The first-order chi connectivity index (χ1) is 10.9. The molecule has 0 bridgehead atoms. The summed E-state index contributed by atoms with van der Waals surface area (Å²) >= 11 is 0. The minimum atomic E-state index is -4.83. The Balaban J connectivity index is 2.41. The number of carbonyl (C=O) groups excluding carboxylic acids is 1. The van der Waals surface area contributed by atoms with Crippen LogP contribution in [-0.4, -0.2) is 12.6 Å². The van der Waals surface area contributed by atoms with Crippen molar-refractivity contribution in [3.63, 3.8) is 0 Å². The predicted molar refractivity (Wildman–Crippen MR) is 79.7 cm³/mol. The Kier molecular flexibility index (Phi) is 8.06. The fourth-order valence-electron chi connectivity index (χ4n) is 2.21. The summed E-state index contributed by atoms with van der Waals surface area (Å²) in [5.74, 6) is -2.64. The topological polar surface area (TPSA) is 26.3 Å². The Labute approximate surface area is 133 Å². The van der Waals surface area contributed by atoms with Crippen molar-refractivity contribution in [2.75, 3.05) is 6.61 Å². The van der Waals surface area contributed by atoms with Crippen molar-refractivity contribution < 1.29 is 27.1 Å². The van der Waals surface area contributed by atoms with Crippen LogP contribution in [0.1, 0.15) is 67.8 Å². The first kappa shape index (κ1) is 19.5. The molecule has 0 aliphatic rings. The van der Waals surface area contributed by atoms with E-state index < -0.39 is 29.1 Å². The van der Waals surface area contributed by atoms with Gasteiger partial charge in [0.05, 0.1) is 17.7 Å². The summed E-state index contributed by atoms with van der Waals surface area (Å²) in [4.78, 5) is 11.7. The van der Waals surface area contributed by atoms with Gasteiger partial charge in [-0.2, -0.15) is 13.2 Å². The highest BCUT2D eigenvalue weighted by atomic mass is 19.4. The molecule has 6 heteroatoms. The molecule has 0 N–H and O–H groups in total. The maximum absolute atomic E-state index is 13.7. The Morgan fingerprint density at radius 3 is 2.26 bits per heavy atom. The molecule has 2 nitrogen and oxygen atoms in total. The van der Waals surface area contributed by atoms with Crippen molar-refractivity contribution in [1.82, 2.24) is 0 Å². The van der Waals surface area contributed by atoms with E-state index in [1.54, 1.807) is 0 Å². The summed E-state index contributed by atoms with van der Waals surface area (Å²) in [6.07, 6.45) is 2.34. The molecule has 0 spiro atoms. The maximum atomic E-state index is 13.7. The fraction of sp³-hybridized carbons (Fsp3) is 0.588. The number of alkyl halides is 3. The fourth-order valence-corrected chi connectivity index (χ4v) is 2.21. The highest BCUT2D eigenvalue weighted by molar-refractivity contribution is 5.90. The van der Waals surface area contributed by atoms with Gasteiger partial charge in [0.25, 0.3) is 0 Å². The van der Waals surface area contributed by atoms with E-state index in [2.05, 4.69) is 6.92 Å². The summed E-state index contributed by atoms with van der Waals surface area (Å²) in [5.41, 5.74) is -2.13. The zero-order valence-corrected chi connectivity index (χ0v) is 13.2. The molecule has 0 aliphatic carbocycles. The summed E-state index contributed by atoms with van der Waals surface area (Å²) in [7, 11) is 0. The zero-order valence-electron chi connectivity index (χ0n) is 13.2. The number of esters is 1. The van der Waals surface area contributed by atoms with Gasteiger partial charge in [-0.3, -0.25) is 0 Å². The number of rotatable bonds is 9. The minimum absolute atomic E-state index is 0.0856. The van der Waals surface area contributed by atoms with Gasteiger partial charge < -0.3 is 4.74 Å². The third kappa shape index (κ3) is 6.59. The summed E-state index contributed by atoms with van der Waals surface area (Å²) in [5, 5.41) is 0. The van der Waals surface area contributed by atoms with Crippen molar-refractivity contribution in [1.29, 1.82) is 0 Å². The third-order valence-corrected chi connectivity index (χ3v) is 3.51. The molecular formula is C17H22F4O2. The lowest BCUT2D eigenvalue weighted by atomic mass is 10.1. The van der Waals surface area contributed by atoms with Crippen LogP contribution in [0.25, 0.3) is 0 Å². The number of ether oxygens (including phenoxy) is 1. The molecule has 0 radical (unpaired) electrons. The number of hydrogen-bond donors (Lipinski definition) is 0. The largest absolute Gasteiger partial charge is 0.462 e. The van der Waals surface area contributed by atoms with Crippen LogP contribution >= 0.6 is 0 Å². The second-order valence-electron chi connectivity index (χ2n) is 5.42. The van der Waals surface area contributed by atoms with E-state index in [4.69, 9.17) is 4.74 Å². The van der Waals surface area contributed by atoms with Crippen molar-refractivity contribution >= 4 is 5.97 Å². The molecule has 0 saturated carbocycles. The van der Waals surface area contributed by atoms with Gasteiger partial charge in [-0.15, -0.1) is 0 Å². The lowest BCUT2D eigenvalue weighted by Gasteiger charge is -2.11. The first-order valence-electron chi connectivity index (χ1n) is 7.90. The molecule has 0 aromatic heterocycles. The van der Waals surface area contributed by atoms with Crippen LogP contribution in [0.4, 0.5) is 17.6 Å². The third-order valence-electron chi connectivity index (χ3n) is 3.51.